The molecule has 6 nitrogen and oxygen atoms in total. The Bertz CT molecular complexity index is 476. The summed E-state index contributed by atoms with van der Waals surface area (Å²) in [6.07, 6.45) is 2.56. The van der Waals surface area contributed by atoms with Gasteiger partial charge in [-0.3, -0.25) is 10.1 Å². The molecule has 2 heterocycles. The Morgan fingerprint density at radius 3 is 3.08 bits per heavy atom. The monoisotopic (exact) mass is 178 g/mol. The molecule has 0 saturated heterocycles. The van der Waals surface area contributed by atoms with Gasteiger partial charge in [-0.15, -0.1) is 0 Å². The normalized spacial score (nSPS) is 10.5. The highest BCUT2D eigenvalue weighted by Gasteiger charge is 2.07. The number of hydrogen-bond donors (Lipinski definition) is 0. The largest absolute Gasteiger partial charge is 0.305 e. The standard InChI is InChI=1S/C7H6N4O2/c1-5-2-7-8-3-6(11(12)13)4-10(7)9-5/h2-4H,1H3. The van der Waals surface area contributed by atoms with E-state index in [-0.39, 0.29) is 5.69 Å². The average Bonchev–Trinajstić information content (AvgIpc) is 2.42. The Hall–Kier alpha value is -1.98. The molecule has 13 heavy (non-hydrogen) atoms. The van der Waals surface area contributed by atoms with Crippen LogP contribution >= 0.6 is 0 Å². The molecule has 0 aliphatic heterocycles. The van der Waals surface area contributed by atoms with Crippen molar-refractivity contribution in [2.45, 2.75) is 6.92 Å². The lowest BCUT2D eigenvalue weighted by Gasteiger charge is -1.91. The zero-order valence-electron chi connectivity index (χ0n) is 6.84. The van der Waals surface area contributed by atoms with Crippen LogP contribution in [0.3, 0.4) is 0 Å². The number of aromatic nitrogens is 3. The van der Waals surface area contributed by atoms with Gasteiger partial charge in [-0.1, -0.05) is 0 Å². The van der Waals surface area contributed by atoms with Crippen LogP contribution < -0.4 is 0 Å². The summed E-state index contributed by atoms with van der Waals surface area (Å²) < 4.78 is 1.40. The van der Waals surface area contributed by atoms with Crippen molar-refractivity contribution in [3.63, 3.8) is 0 Å². The maximum absolute atomic E-state index is 10.4. The third-order valence-electron chi connectivity index (χ3n) is 1.63. The molecular formula is C7H6N4O2. The van der Waals surface area contributed by atoms with Crippen molar-refractivity contribution in [2.75, 3.05) is 0 Å². The lowest BCUT2D eigenvalue weighted by molar-refractivity contribution is -0.385. The highest BCUT2D eigenvalue weighted by molar-refractivity contribution is 5.41. The molecule has 0 amide bonds. The second-order valence-electron chi connectivity index (χ2n) is 2.66. The molecule has 2 aromatic heterocycles. The van der Waals surface area contributed by atoms with Crippen LogP contribution in [-0.2, 0) is 0 Å². The molecule has 2 rings (SSSR count). The van der Waals surface area contributed by atoms with Gasteiger partial charge in [-0.25, -0.2) is 9.50 Å². The fourth-order valence-corrected chi connectivity index (χ4v) is 1.08. The molecule has 66 valence electrons. The summed E-state index contributed by atoms with van der Waals surface area (Å²) in [7, 11) is 0. The number of fused-ring (bicyclic) bond motifs is 1. The van der Waals surface area contributed by atoms with Gasteiger partial charge in [0.05, 0.1) is 10.6 Å². The van der Waals surface area contributed by atoms with Crippen molar-refractivity contribution in [3.05, 3.63) is 34.3 Å². The third kappa shape index (κ3) is 1.22. The summed E-state index contributed by atoms with van der Waals surface area (Å²) in [6.45, 7) is 1.81. The molecule has 0 atom stereocenters. The van der Waals surface area contributed by atoms with Gasteiger partial charge in [0, 0.05) is 6.07 Å². The van der Waals surface area contributed by atoms with Gasteiger partial charge in [0.1, 0.15) is 12.4 Å². The Kier molecular flexibility index (Phi) is 1.48. The number of nitrogens with zero attached hydrogens (tertiary/aromatic N) is 4. The Morgan fingerprint density at radius 1 is 1.62 bits per heavy atom. The van der Waals surface area contributed by atoms with E-state index in [0.29, 0.717) is 5.65 Å². The van der Waals surface area contributed by atoms with Crippen LogP contribution in [0.25, 0.3) is 5.65 Å². The molecule has 0 spiro atoms. The topological polar surface area (TPSA) is 73.3 Å². The number of hydrogen-bond acceptors (Lipinski definition) is 4. The maximum Gasteiger partial charge on any atom is 0.305 e. The molecular weight excluding hydrogens is 172 g/mol. The summed E-state index contributed by atoms with van der Waals surface area (Å²) in [5.41, 5.74) is 1.34. The van der Waals surface area contributed by atoms with E-state index in [4.69, 9.17) is 0 Å². The molecule has 2 aromatic rings. The zero-order chi connectivity index (χ0) is 9.42. The lowest BCUT2D eigenvalue weighted by Crippen LogP contribution is -1.95. The quantitative estimate of drug-likeness (QED) is 0.481. The molecule has 0 N–H and O–H groups in total. The lowest BCUT2D eigenvalue weighted by atomic mass is 10.5. The van der Waals surface area contributed by atoms with Crippen LogP contribution in [0, 0.1) is 17.0 Å². The smallest absolute Gasteiger partial charge is 0.258 e. The highest BCUT2D eigenvalue weighted by Crippen LogP contribution is 2.10. The SMILES string of the molecule is Cc1cc2ncc([N+](=O)[O-])cn2n1. The van der Waals surface area contributed by atoms with Crippen LogP contribution in [0.15, 0.2) is 18.5 Å². The molecule has 0 aromatic carbocycles. The minimum absolute atomic E-state index is 0.0596. The van der Waals surface area contributed by atoms with Gasteiger partial charge in [0.2, 0.25) is 0 Å². The molecule has 0 saturated carbocycles. The van der Waals surface area contributed by atoms with Crippen LogP contribution in [0.4, 0.5) is 5.69 Å². The molecule has 0 unspecified atom stereocenters. The van der Waals surface area contributed by atoms with Crippen molar-refractivity contribution in [3.8, 4) is 0 Å². The molecule has 0 aliphatic carbocycles. The van der Waals surface area contributed by atoms with Gasteiger partial charge in [-0.2, -0.15) is 5.10 Å². The molecule has 0 aliphatic rings. The first-order valence-corrected chi connectivity index (χ1v) is 3.63. The van der Waals surface area contributed by atoms with Gasteiger partial charge in [0.25, 0.3) is 0 Å². The van der Waals surface area contributed by atoms with E-state index in [9.17, 15) is 10.1 Å². The van der Waals surface area contributed by atoms with E-state index < -0.39 is 4.92 Å². The predicted molar refractivity (Wildman–Crippen MR) is 44.4 cm³/mol. The third-order valence-corrected chi connectivity index (χ3v) is 1.63. The van der Waals surface area contributed by atoms with Crippen LogP contribution in [-0.4, -0.2) is 19.5 Å². The van der Waals surface area contributed by atoms with E-state index in [1.54, 1.807) is 13.0 Å². The van der Waals surface area contributed by atoms with Crippen molar-refractivity contribution in [1.29, 1.82) is 0 Å². The number of aryl methyl sites for hydroxylation is 1. The first-order valence-electron chi connectivity index (χ1n) is 3.63. The van der Waals surface area contributed by atoms with Gasteiger partial charge in [-0.05, 0) is 6.92 Å². The van der Waals surface area contributed by atoms with Crippen molar-refractivity contribution < 1.29 is 4.92 Å². The van der Waals surface area contributed by atoms with E-state index in [1.165, 1.54) is 16.9 Å². The Morgan fingerprint density at radius 2 is 2.38 bits per heavy atom. The molecule has 0 radical (unpaired) electrons. The van der Waals surface area contributed by atoms with Crippen LogP contribution in [0.2, 0.25) is 0 Å². The minimum Gasteiger partial charge on any atom is -0.258 e. The van der Waals surface area contributed by atoms with Gasteiger partial charge < -0.3 is 0 Å². The second kappa shape index (κ2) is 2.51. The van der Waals surface area contributed by atoms with E-state index in [2.05, 4.69) is 10.1 Å². The number of nitro groups is 1. The molecule has 0 bridgehead atoms. The Balaban J connectivity index is 2.67. The van der Waals surface area contributed by atoms with Crippen molar-refractivity contribution >= 4 is 11.3 Å². The average molecular weight is 178 g/mol. The zero-order valence-corrected chi connectivity index (χ0v) is 6.84. The maximum atomic E-state index is 10.4. The summed E-state index contributed by atoms with van der Waals surface area (Å²) in [5.74, 6) is 0. The summed E-state index contributed by atoms with van der Waals surface area (Å²) in [6, 6.07) is 1.75. The fourth-order valence-electron chi connectivity index (χ4n) is 1.08. The summed E-state index contributed by atoms with van der Waals surface area (Å²) in [4.78, 5) is 13.8. The van der Waals surface area contributed by atoms with Crippen LogP contribution in [0.1, 0.15) is 5.69 Å². The minimum atomic E-state index is -0.497. The van der Waals surface area contributed by atoms with Crippen molar-refractivity contribution in [1.82, 2.24) is 14.6 Å². The van der Waals surface area contributed by atoms with Gasteiger partial charge >= 0.3 is 5.69 Å². The summed E-state index contributed by atoms with van der Waals surface area (Å²) in [5, 5.41) is 14.4. The first-order chi connectivity index (χ1) is 6.16. The second-order valence-corrected chi connectivity index (χ2v) is 2.66. The molecule has 0 fully saturated rings. The summed E-state index contributed by atoms with van der Waals surface area (Å²) >= 11 is 0. The van der Waals surface area contributed by atoms with Crippen LogP contribution in [0.5, 0.6) is 0 Å². The Labute approximate surface area is 73.0 Å². The van der Waals surface area contributed by atoms with E-state index in [0.717, 1.165) is 5.69 Å². The fraction of sp³-hybridized carbons (Fsp3) is 0.143. The highest BCUT2D eigenvalue weighted by atomic mass is 16.6. The van der Waals surface area contributed by atoms with E-state index >= 15 is 0 Å². The first kappa shape index (κ1) is 7.66. The molecule has 6 heteroatoms. The predicted octanol–water partition coefficient (Wildman–Crippen LogP) is 0.946. The van der Waals surface area contributed by atoms with Crippen molar-refractivity contribution in [2.24, 2.45) is 0 Å². The van der Waals surface area contributed by atoms with Gasteiger partial charge in [0.15, 0.2) is 5.65 Å². The number of rotatable bonds is 1. The van der Waals surface area contributed by atoms with E-state index in [1.807, 2.05) is 0 Å².